The topological polar surface area (TPSA) is 55.8 Å². The van der Waals surface area contributed by atoms with Gasteiger partial charge >= 0.3 is 0 Å². The molecule has 0 spiro atoms. The number of ether oxygens (including phenoxy) is 2. The van der Waals surface area contributed by atoms with Crippen LogP contribution in [0.15, 0.2) is 51.8 Å². The quantitative estimate of drug-likeness (QED) is 0.732. The largest absolute Gasteiger partial charge is 0.489 e. The number of halogens is 2. The molecule has 25 heavy (non-hydrogen) atoms. The molecule has 0 aliphatic carbocycles. The van der Waals surface area contributed by atoms with Gasteiger partial charge in [0.2, 0.25) is 10.0 Å². The van der Waals surface area contributed by atoms with Crippen LogP contribution in [-0.4, -0.2) is 39.0 Å². The van der Waals surface area contributed by atoms with Crippen LogP contribution in [0.3, 0.4) is 0 Å². The van der Waals surface area contributed by atoms with Gasteiger partial charge < -0.3 is 9.47 Å². The zero-order valence-electron chi connectivity index (χ0n) is 13.3. The highest BCUT2D eigenvalue weighted by Gasteiger charge is 2.26. The Balaban J connectivity index is 1.67. The minimum Gasteiger partial charge on any atom is -0.489 e. The maximum absolute atomic E-state index is 13.1. The van der Waals surface area contributed by atoms with Gasteiger partial charge in [-0.3, -0.25) is 0 Å². The third-order valence-electron chi connectivity index (χ3n) is 3.84. The summed E-state index contributed by atoms with van der Waals surface area (Å²) in [6.45, 7) is 1.79. The minimum absolute atomic E-state index is 0.227. The number of benzene rings is 2. The molecule has 134 valence electrons. The zero-order chi connectivity index (χ0) is 17.9. The van der Waals surface area contributed by atoms with Gasteiger partial charge in [0.25, 0.3) is 0 Å². The first-order valence-electron chi connectivity index (χ1n) is 7.71. The van der Waals surface area contributed by atoms with E-state index in [1.165, 1.54) is 28.6 Å². The molecule has 5 nitrogen and oxygen atoms in total. The lowest BCUT2D eigenvalue weighted by molar-refractivity contribution is 0.0730. The Kier molecular flexibility index (Phi) is 5.73. The summed E-state index contributed by atoms with van der Waals surface area (Å²) in [6.07, 6.45) is 0. The summed E-state index contributed by atoms with van der Waals surface area (Å²) < 4.78 is 51.0. The molecule has 0 amide bonds. The maximum atomic E-state index is 13.1. The van der Waals surface area contributed by atoms with Crippen molar-refractivity contribution in [2.75, 3.05) is 26.3 Å². The van der Waals surface area contributed by atoms with Gasteiger partial charge in [0.05, 0.1) is 18.1 Å². The Morgan fingerprint density at radius 1 is 1.12 bits per heavy atom. The van der Waals surface area contributed by atoms with Crippen LogP contribution in [0.5, 0.6) is 5.75 Å². The Morgan fingerprint density at radius 2 is 1.80 bits per heavy atom. The summed E-state index contributed by atoms with van der Waals surface area (Å²) in [6, 6.07) is 10.7. The predicted octanol–water partition coefficient (Wildman–Crippen LogP) is 3.19. The van der Waals surface area contributed by atoms with E-state index in [9.17, 15) is 12.8 Å². The average molecular weight is 430 g/mol. The van der Waals surface area contributed by atoms with Crippen molar-refractivity contribution in [1.29, 1.82) is 0 Å². The molecule has 0 bridgehead atoms. The molecular formula is C17H17BrFNO4S. The highest BCUT2D eigenvalue weighted by molar-refractivity contribution is 9.10. The van der Waals surface area contributed by atoms with Crippen molar-refractivity contribution in [3.8, 4) is 5.75 Å². The fourth-order valence-corrected chi connectivity index (χ4v) is 4.32. The monoisotopic (exact) mass is 429 g/mol. The Hall–Kier alpha value is -1.48. The fraction of sp³-hybridized carbons (Fsp3) is 0.294. The number of rotatable bonds is 5. The van der Waals surface area contributed by atoms with Gasteiger partial charge in [-0.1, -0.05) is 22.0 Å². The smallest absolute Gasteiger partial charge is 0.243 e. The van der Waals surface area contributed by atoms with Gasteiger partial charge in [-0.2, -0.15) is 4.31 Å². The van der Waals surface area contributed by atoms with E-state index in [-0.39, 0.29) is 17.3 Å². The lowest BCUT2D eigenvalue weighted by Gasteiger charge is -2.26. The van der Waals surface area contributed by atoms with Crippen molar-refractivity contribution in [2.45, 2.75) is 11.5 Å². The molecule has 0 unspecified atom stereocenters. The Morgan fingerprint density at radius 3 is 2.44 bits per heavy atom. The molecule has 0 radical (unpaired) electrons. The highest BCUT2D eigenvalue weighted by Crippen LogP contribution is 2.23. The standard InChI is InChI=1S/C17H17BrFNO4S/c18-17-11-14(19)2-1-13(17)12-24-15-3-5-16(6-4-15)25(21,22)20-7-9-23-10-8-20/h1-6,11H,7-10,12H2. The number of sulfonamides is 1. The van der Waals surface area contributed by atoms with Gasteiger partial charge in [-0.15, -0.1) is 0 Å². The van der Waals surface area contributed by atoms with Crippen molar-refractivity contribution < 1.29 is 22.3 Å². The molecule has 1 fully saturated rings. The summed E-state index contributed by atoms with van der Waals surface area (Å²) >= 11 is 3.29. The molecular weight excluding hydrogens is 413 g/mol. The van der Waals surface area contributed by atoms with Gasteiger partial charge in [-0.25, -0.2) is 12.8 Å². The number of morpholine rings is 1. The zero-order valence-corrected chi connectivity index (χ0v) is 15.7. The second-order valence-corrected chi connectivity index (χ2v) is 8.30. The molecule has 3 rings (SSSR count). The molecule has 0 atom stereocenters. The van der Waals surface area contributed by atoms with E-state index in [4.69, 9.17) is 9.47 Å². The number of hydrogen-bond donors (Lipinski definition) is 0. The van der Waals surface area contributed by atoms with E-state index in [0.717, 1.165) is 5.56 Å². The second-order valence-electron chi connectivity index (χ2n) is 5.51. The maximum Gasteiger partial charge on any atom is 0.243 e. The van der Waals surface area contributed by atoms with Crippen LogP contribution in [0.4, 0.5) is 4.39 Å². The van der Waals surface area contributed by atoms with E-state index < -0.39 is 10.0 Å². The molecule has 1 aliphatic heterocycles. The van der Waals surface area contributed by atoms with Crippen LogP contribution in [0.25, 0.3) is 0 Å². The van der Waals surface area contributed by atoms with E-state index >= 15 is 0 Å². The van der Waals surface area contributed by atoms with Gasteiger partial charge in [0.1, 0.15) is 18.2 Å². The van der Waals surface area contributed by atoms with Crippen LogP contribution in [0.2, 0.25) is 0 Å². The van der Waals surface area contributed by atoms with Crippen molar-refractivity contribution in [3.05, 3.63) is 58.3 Å². The first-order valence-corrected chi connectivity index (χ1v) is 9.95. The van der Waals surface area contributed by atoms with Crippen LogP contribution in [0, 0.1) is 5.82 Å². The average Bonchev–Trinajstić information content (AvgIpc) is 2.62. The SMILES string of the molecule is O=S(=O)(c1ccc(OCc2ccc(F)cc2Br)cc1)N1CCOCC1. The van der Waals surface area contributed by atoms with Crippen LogP contribution >= 0.6 is 15.9 Å². The summed E-state index contributed by atoms with van der Waals surface area (Å²) in [5, 5.41) is 0. The highest BCUT2D eigenvalue weighted by atomic mass is 79.9. The van der Waals surface area contributed by atoms with E-state index in [2.05, 4.69) is 15.9 Å². The normalized spacial score (nSPS) is 15.9. The molecule has 8 heteroatoms. The predicted molar refractivity (Wildman–Crippen MR) is 94.5 cm³/mol. The summed E-state index contributed by atoms with van der Waals surface area (Å²) in [4.78, 5) is 0.227. The van der Waals surface area contributed by atoms with E-state index in [1.54, 1.807) is 18.2 Å². The van der Waals surface area contributed by atoms with Crippen LogP contribution in [-0.2, 0) is 21.4 Å². The molecule has 0 aromatic heterocycles. The third-order valence-corrected chi connectivity index (χ3v) is 6.49. The lowest BCUT2D eigenvalue weighted by Crippen LogP contribution is -2.40. The third kappa shape index (κ3) is 4.38. The summed E-state index contributed by atoms with van der Waals surface area (Å²) in [7, 11) is -3.51. The van der Waals surface area contributed by atoms with E-state index in [1.807, 2.05) is 0 Å². The second kappa shape index (κ2) is 7.82. The van der Waals surface area contributed by atoms with Gasteiger partial charge in [0.15, 0.2) is 0 Å². The van der Waals surface area contributed by atoms with Crippen molar-refractivity contribution >= 4 is 26.0 Å². The molecule has 1 heterocycles. The number of nitrogens with zero attached hydrogens (tertiary/aromatic N) is 1. The van der Waals surface area contributed by atoms with Gasteiger partial charge in [-0.05, 0) is 36.4 Å². The molecule has 2 aromatic rings. The van der Waals surface area contributed by atoms with Crippen molar-refractivity contribution in [2.24, 2.45) is 0 Å². The first-order chi connectivity index (χ1) is 12.0. The van der Waals surface area contributed by atoms with Crippen LogP contribution in [0.1, 0.15) is 5.56 Å². The van der Waals surface area contributed by atoms with Crippen LogP contribution < -0.4 is 4.74 Å². The Labute approximate surface area is 154 Å². The fourth-order valence-electron chi connectivity index (χ4n) is 2.44. The van der Waals surface area contributed by atoms with Gasteiger partial charge in [0, 0.05) is 23.1 Å². The minimum atomic E-state index is -3.51. The first kappa shape index (κ1) is 18.3. The Bertz CT molecular complexity index is 836. The molecule has 1 saturated heterocycles. The molecule has 0 N–H and O–H groups in total. The number of hydrogen-bond acceptors (Lipinski definition) is 4. The van der Waals surface area contributed by atoms with E-state index in [0.29, 0.717) is 36.5 Å². The van der Waals surface area contributed by atoms with Crippen molar-refractivity contribution in [1.82, 2.24) is 4.31 Å². The molecule has 1 aliphatic rings. The lowest BCUT2D eigenvalue weighted by atomic mass is 10.2. The van der Waals surface area contributed by atoms with Crippen molar-refractivity contribution in [3.63, 3.8) is 0 Å². The molecule has 0 saturated carbocycles. The summed E-state index contributed by atoms with van der Waals surface area (Å²) in [5.74, 6) is 0.213. The summed E-state index contributed by atoms with van der Waals surface area (Å²) in [5.41, 5.74) is 0.798. The molecule has 2 aromatic carbocycles.